The molecule has 0 saturated heterocycles. The zero-order chi connectivity index (χ0) is 10.3. The number of hydrogen-bond donors (Lipinski definition) is 2. The quantitative estimate of drug-likeness (QED) is 0.688. The number of nitrogens with zero attached hydrogens (tertiary/aromatic N) is 1. The molecule has 1 aromatic carbocycles. The molecule has 0 radical (unpaired) electrons. The van der Waals surface area contributed by atoms with Gasteiger partial charge in [0.25, 0.3) is 0 Å². The average molecular weight is 202 g/mol. The smallest absolute Gasteiger partial charge is 0.418 e. The molecule has 0 atom stereocenters. The van der Waals surface area contributed by atoms with Gasteiger partial charge in [0.2, 0.25) is 0 Å². The summed E-state index contributed by atoms with van der Waals surface area (Å²) in [5.41, 5.74) is -1.12. The number of rotatable bonds is 0. The number of aromatic hydroxyl groups is 1. The Morgan fingerprint density at radius 3 is 2.64 bits per heavy atom. The van der Waals surface area contributed by atoms with Crippen molar-refractivity contribution in [2.75, 3.05) is 0 Å². The van der Waals surface area contributed by atoms with Crippen LogP contribution >= 0.6 is 0 Å². The monoisotopic (exact) mass is 202 g/mol. The molecule has 14 heavy (non-hydrogen) atoms. The molecule has 6 heteroatoms. The first kappa shape index (κ1) is 8.86. The summed E-state index contributed by atoms with van der Waals surface area (Å²) in [4.78, 5) is 5.95. The van der Waals surface area contributed by atoms with Gasteiger partial charge in [0.05, 0.1) is 11.9 Å². The molecule has 0 aliphatic carbocycles. The number of hydrogen-bond acceptors (Lipinski definition) is 2. The summed E-state index contributed by atoms with van der Waals surface area (Å²) in [5, 5.41) is 9.21. The van der Waals surface area contributed by atoms with Crippen LogP contribution in [0.5, 0.6) is 5.75 Å². The summed E-state index contributed by atoms with van der Waals surface area (Å²) >= 11 is 0. The van der Waals surface area contributed by atoms with Crippen molar-refractivity contribution >= 4 is 11.0 Å². The van der Waals surface area contributed by atoms with Crippen molar-refractivity contribution in [2.45, 2.75) is 6.18 Å². The van der Waals surface area contributed by atoms with E-state index in [1.165, 1.54) is 0 Å². The third kappa shape index (κ3) is 1.19. The van der Waals surface area contributed by atoms with Crippen molar-refractivity contribution in [3.05, 3.63) is 24.0 Å². The summed E-state index contributed by atoms with van der Waals surface area (Å²) < 4.78 is 37.2. The molecule has 0 fully saturated rings. The van der Waals surface area contributed by atoms with E-state index in [1.54, 1.807) is 0 Å². The Labute approximate surface area is 76.2 Å². The average Bonchev–Trinajstić information content (AvgIpc) is 2.50. The number of aromatic amines is 1. The molecule has 1 aromatic heterocycles. The van der Waals surface area contributed by atoms with E-state index in [9.17, 15) is 18.3 Å². The first-order chi connectivity index (χ1) is 6.50. The zero-order valence-electron chi connectivity index (χ0n) is 6.76. The first-order valence-corrected chi connectivity index (χ1v) is 3.72. The number of phenolic OH excluding ortho intramolecular Hbond substituents is 1. The number of aromatic nitrogens is 2. The van der Waals surface area contributed by atoms with Gasteiger partial charge in [0.1, 0.15) is 16.8 Å². The second kappa shape index (κ2) is 2.63. The molecule has 0 aliphatic heterocycles. The molecule has 0 bridgehead atoms. The Morgan fingerprint density at radius 2 is 2.00 bits per heavy atom. The lowest BCUT2D eigenvalue weighted by atomic mass is 10.1. The molecule has 0 amide bonds. The second-order valence-corrected chi connectivity index (χ2v) is 2.76. The minimum Gasteiger partial charge on any atom is -0.506 e. The number of alkyl halides is 3. The van der Waals surface area contributed by atoms with E-state index in [4.69, 9.17) is 0 Å². The normalized spacial score (nSPS) is 12.2. The third-order valence-electron chi connectivity index (χ3n) is 1.86. The maximum Gasteiger partial charge on any atom is 0.418 e. The fourth-order valence-electron chi connectivity index (χ4n) is 1.25. The Morgan fingerprint density at radius 1 is 1.29 bits per heavy atom. The lowest BCUT2D eigenvalue weighted by Crippen LogP contribution is -2.05. The van der Waals surface area contributed by atoms with Crippen molar-refractivity contribution in [3.63, 3.8) is 0 Å². The minimum absolute atomic E-state index is 0.000162. The fraction of sp³-hybridized carbons (Fsp3) is 0.125. The molecule has 3 nitrogen and oxygen atoms in total. The molecule has 2 aromatic rings. The molecular formula is C8H5F3N2O. The lowest BCUT2D eigenvalue weighted by molar-refractivity contribution is -0.136. The van der Waals surface area contributed by atoms with Crippen LogP contribution in [0, 0.1) is 0 Å². The topological polar surface area (TPSA) is 48.9 Å². The van der Waals surface area contributed by atoms with Crippen molar-refractivity contribution in [1.82, 2.24) is 9.97 Å². The van der Waals surface area contributed by atoms with Crippen LogP contribution in [0.2, 0.25) is 0 Å². The van der Waals surface area contributed by atoms with Crippen LogP contribution in [0.1, 0.15) is 5.56 Å². The van der Waals surface area contributed by atoms with Gasteiger partial charge >= 0.3 is 6.18 Å². The highest BCUT2D eigenvalue weighted by Crippen LogP contribution is 2.36. The molecule has 74 valence electrons. The maximum atomic E-state index is 12.4. The van der Waals surface area contributed by atoms with Crippen LogP contribution < -0.4 is 0 Å². The minimum atomic E-state index is -4.46. The number of halogens is 3. The zero-order valence-corrected chi connectivity index (χ0v) is 6.76. The molecule has 2 N–H and O–H groups in total. The summed E-state index contributed by atoms with van der Waals surface area (Å²) in [7, 11) is 0. The van der Waals surface area contributed by atoms with Gasteiger partial charge in [0.15, 0.2) is 0 Å². The summed E-state index contributed by atoms with van der Waals surface area (Å²) in [6.45, 7) is 0. The number of benzene rings is 1. The number of nitrogens with one attached hydrogen (secondary N) is 1. The van der Waals surface area contributed by atoms with Crippen molar-refractivity contribution in [3.8, 4) is 5.75 Å². The van der Waals surface area contributed by atoms with Crippen molar-refractivity contribution in [2.24, 2.45) is 0 Å². The van der Waals surface area contributed by atoms with Gasteiger partial charge < -0.3 is 10.1 Å². The van der Waals surface area contributed by atoms with Gasteiger partial charge in [-0.15, -0.1) is 0 Å². The third-order valence-corrected chi connectivity index (χ3v) is 1.86. The van der Waals surface area contributed by atoms with Gasteiger partial charge in [-0.25, -0.2) is 4.98 Å². The molecule has 0 aliphatic rings. The Kier molecular flexibility index (Phi) is 1.67. The molecule has 0 saturated carbocycles. The Hall–Kier alpha value is -1.72. The predicted octanol–water partition coefficient (Wildman–Crippen LogP) is 2.29. The molecule has 0 spiro atoms. The predicted molar refractivity (Wildman–Crippen MR) is 42.8 cm³/mol. The van der Waals surface area contributed by atoms with E-state index in [0.29, 0.717) is 0 Å². The number of fused-ring (bicyclic) bond motifs is 1. The van der Waals surface area contributed by atoms with Crippen LogP contribution in [-0.2, 0) is 6.18 Å². The SMILES string of the molecule is Oc1ccc(C(F)(F)F)c2nc[nH]c12. The fourth-order valence-corrected chi connectivity index (χ4v) is 1.25. The Balaban J connectivity index is 2.80. The van der Waals surface area contributed by atoms with Gasteiger partial charge in [-0.3, -0.25) is 0 Å². The van der Waals surface area contributed by atoms with E-state index in [0.717, 1.165) is 18.5 Å². The Bertz CT molecular complexity index is 475. The molecular weight excluding hydrogens is 197 g/mol. The largest absolute Gasteiger partial charge is 0.506 e. The maximum absolute atomic E-state index is 12.4. The highest BCUT2D eigenvalue weighted by atomic mass is 19.4. The summed E-state index contributed by atoms with van der Waals surface area (Å²) in [5.74, 6) is -0.245. The van der Waals surface area contributed by atoms with E-state index in [-0.39, 0.29) is 16.8 Å². The number of imidazole rings is 1. The molecule has 1 heterocycles. The summed E-state index contributed by atoms with van der Waals surface area (Å²) in [6, 6.07) is 1.79. The van der Waals surface area contributed by atoms with Crippen LogP contribution in [0.15, 0.2) is 18.5 Å². The van der Waals surface area contributed by atoms with Crippen LogP contribution in [0.4, 0.5) is 13.2 Å². The molecule has 0 unspecified atom stereocenters. The van der Waals surface area contributed by atoms with Crippen LogP contribution in [0.3, 0.4) is 0 Å². The van der Waals surface area contributed by atoms with Crippen molar-refractivity contribution in [1.29, 1.82) is 0 Å². The van der Waals surface area contributed by atoms with E-state index in [2.05, 4.69) is 9.97 Å². The van der Waals surface area contributed by atoms with Gasteiger partial charge in [-0.1, -0.05) is 0 Å². The van der Waals surface area contributed by atoms with Gasteiger partial charge in [-0.2, -0.15) is 13.2 Å². The van der Waals surface area contributed by atoms with Gasteiger partial charge in [-0.05, 0) is 12.1 Å². The molecule has 2 rings (SSSR count). The van der Waals surface area contributed by atoms with Crippen molar-refractivity contribution < 1.29 is 18.3 Å². The standard InChI is InChI=1S/C8H5F3N2O/c9-8(10,11)4-1-2-5(14)7-6(4)12-3-13-7/h1-3,14H,(H,12,13). The number of H-pyrrole nitrogens is 1. The highest BCUT2D eigenvalue weighted by Gasteiger charge is 2.33. The lowest BCUT2D eigenvalue weighted by Gasteiger charge is -2.07. The van der Waals surface area contributed by atoms with Gasteiger partial charge in [0, 0.05) is 0 Å². The van der Waals surface area contributed by atoms with Crippen LogP contribution in [0.25, 0.3) is 11.0 Å². The second-order valence-electron chi connectivity index (χ2n) is 2.76. The number of phenols is 1. The van der Waals surface area contributed by atoms with E-state index in [1.807, 2.05) is 0 Å². The first-order valence-electron chi connectivity index (χ1n) is 3.72. The summed E-state index contributed by atoms with van der Waals surface area (Å²) in [6.07, 6.45) is -3.35. The van der Waals surface area contributed by atoms with E-state index >= 15 is 0 Å². The highest BCUT2D eigenvalue weighted by molar-refractivity contribution is 5.84. The van der Waals surface area contributed by atoms with Crippen LogP contribution in [-0.4, -0.2) is 15.1 Å². The van der Waals surface area contributed by atoms with E-state index < -0.39 is 11.7 Å².